The van der Waals surface area contributed by atoms with E-state index in [1.165, 1.54) is 0 Å². The van der Waals surface area contributed by atoms with Crippen molar-refractivity contribution in [3.05, 3.63) is 90.7 Å². The molecular weight excluding hydrogens is 260 g/mol. The fraction of sp³-hybridized carbons (Fsp3) is 0.111. The third-order valence-electron chi connectivity index (χ3n) is 2.85. The van der Waals surface area contributed by atoms with Gasteiger partial charge in [0.1, 0.15) is 12.4 Å². The van der Waals surface area contributed by atoms with Crippen molar-refractivity contribution in [3.63, 3.8) is 0 Å². The third-order valence-corrected chi connectivity index (χ3v) is 2.85. The van der Waals surface area contributed by atoms with E-state index in [9.17, 15) is 0 Å². The molecule has 0 unspecified atom stereocenters. The summed E-state index contributed by atoms with van der Waals surface area (Å²) >= 11 is 0. The summed E-state index contributed by atoms with van der Waals surface area (Å²) in [6.45, 7) is 6.28. The highest BCUT2D eigenvalue weighted by atomic mass is 16.5. The van der Waals surface area contributed by atoms with E-state index in [-0.39, 0.29) is 0 Å². The van der Waals surface area contributed by atoms with Gasteiger partial charge in [0.25, 0.3) is 0 Å². The summed E-state index contributed by atoms with van der Waals surface area (Å²) in [7, 11) is 0. The van der Waals surface area contributed by atoms with Crippen molar-refractivity contribution in [3.8, 4) is 0 Å². The number of allylic oxidation sites excluding steroid dienone is 4. The second-order valence-corrected chi connectivity index (χ2v) is 4.37. The van der Waals surface area contributed by atoms with Crippen LogP contribution in [0.15, 0.2) is 79.4 Å². The number of nitrogens with zero attached hydrogens (tertiary/aromatic N) is 2. The maximum atomic E-state index is 5.57. The van der Waals surface area contributed by atoms with Crippen LogP contribution in [-0.2, 0) is 11.3 Å². The van der Waals surface area contributed by atoms with E-state index in [1.54, 1.807) is 12.4 Å². The zero-order valence-electron chi connectivity index (χ0n) is 12.1. The zero-order valence-corrected chi connectivity index (χ0v) is 12.1. The summed E-state index contributed by atoms with van der Waals surface area (Å²) in [5.74, 6) is 0.593. The fourth-order valence-corrected chi connectivity index (χ4v) is 1.74. The normalized spacial score (nSPS) is 11.6. The van der Waals surface area contributed by atoms with E-state index < -0.39 is 0 Å². The highest BCUT2D eigenvalue weighted by Gasteiger charge is 1.98. The van der Waals surface area contributed by atoms with Crippen LogP contribution in [-0.4, -0.2) is 9.97 Å². The quantitative estimate of drug-likeness (QED) is 0.587. The summed E-state index contributed by atoms with van der Waals surface area (Å²) < 4.78 is 5.57. The number of aromatic nitrogens is 2. The van der Waals surface area contributed by atoms with Crippen molar-refractivity contribution in [1.29, 1.82) is 0 Å². The van der Waals surface area contributed by atoms with Gasteiger partial charge in [-0.05, 0) is 48.9 Å². The second-order valence-electron chi connectivity index (χ2n) is 4.37. The molecule has 2 rings (SSSR count). The van der Waals surface area contributed by atoms with Gasteiger partial charge in [0.15, 0.2) is 0 Å². The lowest BCUT2D eigenvalue weighted by atomic mass is 10.1. The second kappa shape index (κ2) is 7.80. The Morgan fingerprint density at radius 2 is 1.86 bits per heavy atom. The van der Waals surface area contributed by atoms with Crippen LogP contribution < -0.4 is 0 Å². The molecule has 0 spiro atoms. The van der Waals surface area contributed by atoms with Crippen LogP contribution in [0.3, 0.4) is 0 Å². The number of rotatable bonds is 6. The van der Waals surface area contributed by atoms with E-state index >= 15 is 0 Å². The van der Waals surface area contributed by atoms with Crippen LogP contribution >= 0.6 is 0 Å². The van der Waals surface area contributed by atoms with E-state index in [0.29, 0.717) is 12.4 Å². The average molecular weight is 278 g/mol. The fourth-order valence-electron chi connectivity index (χ4n) is 1.74. The van der Waals surface area contributed by atoms with Gasteiger partial charge in [-0.15, -0.1) is 0 Å². The van der Waals surface area contributed by atoms with E-state index in [4.69, 9.17) is 4.74 Å². The Bertz CT molecular complexity index is 631. The molecule has 0 aliphatic heterocycles. The molecule has 106 valence electrons. The van der Waals surface area contributed by atoms with E-state index in [1.807, 2.05) is 61.5 Å². The predicted octanol–water partition coefficient (Wildman–Crippen LogP) is 4.17. The topological polar surface area (TPSA) is 35.0 Å². The molecule has 2 aromatic rings. The van der Waals surface area contributed by atoms with Gasteiger partial charge in [0, 0.05) is 12.4 Å². The van der Waals surface area contributed by atoms with Crippen molar-refractivity contribution < 1.29 is 4.74 Å². The predicted molar refractivity (Wildman–Crippen MR) is 85.2 cm³/mol. The van der Waals surface area contributed by atoms with Gasteiger partial charge in [-0.1, -0.05) is 24.8 Å². The van der Waals surface area contributed by atoms with Crippen molar-refractivity contribution >= 4 is 5.57 Å². The lowest BCUT2D eigenvalue weighted by molar-refractivity contribution is 0.209. The summed E-state index contributed by atoms with van der Waals surface area (Å²) in [6.07, 6.45) is 9.32. The molecule has 0 amide bonds. The molecule has 0 saturated heterocycles. The van der Waals surface area contributed by atoms with Crippen LogP contribution in [0.2, 0.25) is 0 Å². The first-order chi connectivity index (χ1) is 10.3. The van der Waals surface area contributed by atoms with Gasteiger partial charge in [-0.25, -0.2) is 0 Å². The molecular formula is C18H18N2O. The lowest BCUT2D eigenvalue weighted by Gasteiger charge is -2.05. The summed E-state index contributed by atoms with van der Waals surface area (Å²) in [6, 6.07) is 11.6. The van der Waals surface area contributed by atoms with Crippen molar-refractivity contribution in [2.24, 2.45) is 0 Å². The molecule has 21 heavy (non-hydrogen) atoms. The zero-order chi connectivity index (χ0) is 14.9. The van der Waals surface area contributed by atoms with Crippen molar-refractivity contribution in [1.82, 2.24) is 9.97 Å². The van der Waals surface area contributed by atoms with Crippen molar-refractivity contribution in [2.45, 2.75) is 13.5 Å². The maximum absolute atomic E-state index is 5.57. The molecule has 2 aromatic heterocycles. The van der Waals surface area contributed by atoms with Gasteiger partial charge >= 0.3 is 0 Å². The highest BCUT2D eigenvalue weighted by molar-refractivity contribution is 5.71. The molecule has 0 aromatic carbocycles. The summed E-state index contributed by atoms with van der Waals surface area (Å²) in [4.78, 5) is 8.52. The van der Waals surface area contributed by atoms with Gasteiger partial charge in [-0.2, -0.15) is 0 Å². The van der Waals surface area contributed by atoms with Crippen LogP contribution in [0.5, 0.6) is 0 Å². The van der Waals surface area contributed by atoms with Gasteiger partial charge in [0.2, 0.25) is 0 Å². The average Bonchev–Trinajstić information content (AvgIpc) is 2.55. The number of ether oxygens (including phenoxy) is 1. The van der Waals surface area contributed by atoms with Gasteiger partial charge < -0.3 is 4.74 Å². The molecule has 3 nitrogen and oxygen atoms in total. The Hall–Kier alpha value is -2.68. The summed E-state index contributed by atoms with van der Waals surface area (Å²) in [5, 5.41) is 0. The molecule has 0 aliphatic carbocycles. The van der Waals surface area contributed by atoms with Crippen molar-refractivity contribution in [2.75, 3.05) is 0 Å². The maximum Gasteiger partial charge on any atom is 0.130 e. The molecule has 0 radical (unpaired) electrons. The largest absolute Gasteiger partial charge is 0.488 e. The van der Waals surface area contributed by atoms with Crippen LogP contribution in [0.4, 0.5) is 0 Å². The molecule has 0 aliphatic rings. The molecule has 0 fully saturated rings. The Morgan fingerprint density at radius 3 is 2.48 bits per heavy atom. The number of hydrogen-bond donors (Lipinski definition) is 0. The lowest BCUT2D eigenvalue weighted by Crippen LogP contribution is -1.93. The van der Waals surface area contributed by atoms with Crippen LogP contribution in [0, 0.1) is 0 Å². The monoisotopic (exact) mass is 278 g/mol. The number of pyridine rings is 2. The van der Waals surface area contributed by atoms with E-state index in [0.717, 1.165) is 17.0 Å². The molecule has 2 heterocycles. The Kier molecular flexibility index (Phi) is 5.47. The Morgan fingerprint density at radius 1 is 1.10 bits per heavy atom. The molecule has 0 atom stereocenters. The van der Waals surface area contributed by atoms with E-state index in [2.05, 4.69) is 16.5 Å². The Balaban J connectivity index is 1.92. The smallest absolute Gasteiger partial charge is 0.130 e. The minimum atomic E-state index is 0.415. The van der Waals surface area contributed by atoms with Gasteiger partial charge in [-0.3, -0.25) is 9.97 Å². The minimum absolute atomic E-state index is 0.415. The molecule has 3 heteroatoms. The molecule has 0 bridgehead atoms. The standard InChI is InChI=1S/C18H18N2O/c1-3-16(18-9-5-7-13-20-18)11-10-15(2)21-14-17-8-4-6-12-19-17/h3-13H,2,14H2,1H3/b11-10-,16-3+. The minimum Gasteiger partial charge on any atom is -0.488 e. The first kappa shape index (κ1) is 14.7. The first-order valence-electron chi connectivity index (χ1n) is 6.77. The molecule has 0 saturated carbocycles. The highest BCUT2D eigenvalue weighted by Crippen LogP contribution is 2.14. The first-order valence-corrected chi connectivity index (χ1v) is 6.77. The Labute approximate surface area is 125 Å². The van der Waals surface area contributed by atoms with Gasteiger partial charge in [0.05, 0.1) is 11.4 Å². The van der Waals surface area contributed by atoms with Crippen LogP contribution in [0.25, 0.3) is 5.57 Å². The van der Waals surface area contributed by atoms with Crippen LogP contribution in [0.1, 0.15) is 18.3 Å². The number of hydrogen-bond acceptors (Lipinski definition) is 3. The SMILES string of the molecule is C=C(/C=C\C(=C/C)c1ccccn1)OCc1ccccn1. The molecule has 0 N–H and O–H groups in total. The summed E-state index contributed by atoms with van der Waals surface area (Å²) in [5.41, 5.74) is 2.83. The third kappa shape index (κ3) is 4.73.